The van der Waals surface area contributed by atoms with Crippen molar-refractivity contribution in [2.75, 3.05) is 6.54 Å². The number of furan rings is 1. The number of benzene rings is 1. The molecule has 0 aliphatic carbocycles. The minimum Gasteiger partial charge on any atom is -0.472 e. The molecule has 0 fully saturated rings. The van der Waals surface area contributed by atoms with Gasteiger partial charge in [-0.1, -0.05) is 17.7 Å². The summed E-state index contributed by atoms with van der Waals surface area (Å²) in [6.07, 6.45) is 5.53. The van der Waals surface area contributed by atoms with Crippen molar-refractivity contribution >= 4 is 33.8 Å². The Balaban J connectivity index is 1.89. The predicted octanol–water partition coefficient (Wildman–Crippen LogP) is 3.02. The summed E-state index contributed by atoms with van der Waals surface area (Å²) in [5.41, 5.74) is 0.892. The van der Waals surface area contributed by atoms with E-state index in [9.17, 15) is 8.42 Å². The molecule has 1 aliphatic rings. The lowest BCUT2D eigenvalue weighted by atomic mass is 10.1. The van der Waals surface area contributed by atoms with Gasteiger partial charge in [0.15, 0.2) is 0 Å². The van der Waals surface area contributed by atoms with Crippen molar-refractivity contribution in [1.82, 2.24) is 9.73 Å². The van der Waals surface area contributed by atoms with Crippen LogP contribution >= 0.6 is 11.6 Å². The number of aliphatic imine (C=N–C) groups is 1. The quantitative estimate of drug-likeness (QED) is 0.652. The zero-order valence-corrected chi connectivity index (χ0v) is 15.0. The van der Waals surface area contributed by atoms with E-state index in [1.807, 2.05) is 13.0 Å². The van der Waals surface area contributed by atoms with E-state index >= 15 is 0 Å². The van der Waals surface area contributed by atoms with Crippen LogP contribution in [-0.4, -0.2) is 32.1 Å². The second kappa shape index (κ2) is 7.28. The smallest absolute Gasteiger partial charge is 0.264 e. The maximum Gasteiger partial charge on any atom is 0.264 e. The van der Waals surface area contributed by atoms with Crippen LogP contribution in [0.5, 0.6) is 0 Å². The van der Waals surface area contributed by atoms with Gasteiger partial charge in [-0.3, -0.25) is 4.99 Å². The number of hydrogen-bond acceptors (Lipinski definition) is 5. The first-order valence-electron chi connectivity index (χ1n) is 7.68. The molecule has 1 aliphatic heterocycles. The Morgan fingerprint density at radius 1 is 1.48 bits per heavy atom. The van der Waals surface area contributed by atoms with Crippen LogP contribution < -0.4 is 4.72 Å². The summed E-state index contributed by atoms with van der Waals surface area (Å²) in [7, 11) is -3.84. The molecule has 3 rings (SSSR count). The molecule has 1 N–H and O–H groups in total. The van der Waals surface area contributed by atoms with Gasteiger partial charge in [-0.15, -0.1) is 0 Å². The highest BCUT2D eigenvalue weighted by atomic mass is 35.5. The number of rotatable bonds is 4. The van der Waals surface area contributed by atoms with Crippen LogP contribution in [0.15, 0.2) is 62.3 Å². The first-order chi connectivity index (χ1) is 12.0. The maximum atomic E-state index is 12.7. The average Bonchev–Trinajstić information content (AvgIpc) is 3.25. The standard InChI is InChI=1S/C16H17ClN4O3S/c1-2-18-16(20-25(22,23)14-5-3-4-13(17)10-14)21-15(6-8-19-21)12-7-9-24-11-12/h3-5,7-11,15H,2,6H2,1H3,(H,18,20). The lowest BCUT2D eigenvalue weighted by Gasteiger charge is -2.24. The van der Waals surface area contributed by atoms with Gasteiger partial charge < -0.3 is 4.42 Å². The number of nitrogens with one attached hydrogen (secondary N) is 1. The Labute approximate surface area is 151 Å². The monoisotopic (exact) mass is 380 g/mol. The van der Waals surface area contributed by atoms with Crippen LogP contribution in [0.25, 0.3) is 0 Å². The molecule has 0 saturated carbocycles. The van der Waals surface area contributed by atoms with Crippen molar-refractivity contribution < 1.29 is 12.8 Å². The highest BCUT2D eigenvalue weighted by molar-refractivity contribution is 7.90. The summed E-state index contributed by atoms with van der Waals surface area (Å²) in [5, 5.41) is 6.16. The molecule has 2 heterocycles. The molecule has 2 aromatic rings. The fraction of sp³-hybridized carbons (Fsp3) is 0.250. The lowest BCUT2D eigenvalue weighted by Crippen LogP contribution is -2.42. The molecule has 25 heavy (non-hydrogen) atoms. The van der Waals surface area contributed by atoms with E-state index in [1.54, 1.807) is 35.9 Å². The number of nitrogens with zero attached hydrogens (tertiary/aromatic N) is 3. The Morgan fingerprint density at radius 2 is 2.32 bits per heavy atom. The Morgan fingerprint density at radius 3 is 3.00 bits per heavy atom. The first-order valence-corrected chi connectivity index (χ1v) is 9.54. The highest BCUT2D eigenvalue weighted by Gasteiger charge is 2.30. The summed E-state index contributed by atoms with van der Waals surface area (Å²) in [6, 6.07) is 7.69. The average molecular weight is 381 g/mol. The largest absolute Gasteiger partial charge is 0.472 e. The SMILES string of the molecule is CCN=C(NS(=O)(=O)c1cccc(Cl)c1)N1N=CCC1c1ccoc1. The number of sulfonamides is 1. The van der Waals surface area contributed by atoms with Gasteiger partial charge in [0.25, 0.3) is 10.0 Å². The van der Waals surface area contributed by atoms with E-state index in [1.165, 1.54) is 12.1 Å². The van der Waals surface area contributed by atoms with Crippen molar-refractivity contribution in [3.63, 3.8) is 0 Å². The molecule has 132 valence electrons. The van der Waals surface area contributed by atoms with Crippen LogP contribution in [0.3, 0.4) is 0 Å². The van der Waals surface area contributed by atoms with Gasteiger partial charge in [-0.2, -0.15) is 5.10 Å². The van der Waals surface area contributed by atoms with Crippen LogP contribution in [0.4, 0.5) is 0 Å². The van der Waals surface area contributed by atoms with Crippen molar-refractivity contribution in [3.05, 3.63) is 53.4 Å². The van der Waals surface area contributed by atoms with Crippen LogP contribution in [-0.2, 0) is 10.0 Å². The Kier molecular flexibility index (Phi) is 5.10. The molecule has 1 atom stereocenters. The van der Waals surface area contributed by atoms with E-state index in [4.69, 9.17) is 16.0 Å². The molecule has 1 aromatic heterocycles. The molecule has 9 heteroatoms. The van der Waals surface area contributed by atoms with Crippen LogP contribution in [0, 0.1) is 0 Å². The molecule has 7 nitrogen and oxygen atoms in total. The summed E-state index contributed by atoms with van der Waals surface area (Å²) in [5.74, 6) is 0.155. The number of hydrogen-bond donors (Lipinski definition) is 1. The lowest BCUT2D eigenvalue weighted by molar-refractivity contribution is 0.358. The molecule has 0 bridgehead atoms. The summed E-state index contributed by atoms with van der Waals surface area (Å²) in [4.78, 5) is 4.34. The van der Waals surface area contributed by atoms with Crippen LogP contribution in [0.2, 0.25) is 5.02 Å². The third-order valence-corrected chi connectivity index (χ3v) is 5.18. The van der Waals surface area contributed by atoms with Crippen molar-refractivity contribution in [2.45, 2.75) is 24.3 Å². The van der Waals surface area contributed by atoms with Gasteiger partial charge in [0.1, 0.15) is 0 Å². The normalized spacial score (nSPS) is 17.9. The van der Waals surface area contributed by atoms with E-state index in [-0.39, 0.29) is 16.9 Å². The Hall–Kier alpha value is -2.32. The van der Waals surface area contributed by atoms with Crippen molar-refractivity contribution in [1.29, 1.82) is 0 Å². The summed E-state index contributed by atoms with van der Waals surface area (Å²) < 4.78 is 33.0. The number of guanidine groups is 1. The second-order valence-corrected chi connectivity index (χ2v) is 7.43. The second-order valence-electron chi connectivity index (χ2n) is 5.31. The zero-order valence-electron chi connectivity index (χ0n) is 13.5. The molecular weight excluding hydrogens is 364 g/mol. The van der Waals surface area contributed by atoms with E-state index < -0.39 is 10.0 Å². The zero-order chi connectivity index (χ0) is 17.9. The summed E-state index contributed by atoms with van der Waals surface area (Å²) in [6.45, 7) is 2.22. The molecule has 1 aromatic carbocycles. The molecule has 0 amide bonds. The van der Waals surface area contributed by atoms with Crippen LogP contribution in [0.1, 0.15) is 24.9 Å². The molecule has 0 saturated heterocycles. The molecule has 1 unspecified atom stereocenters. The number of halogens is 1. The van der Waals surface area contributed by atoms with Gasteiger partial charge in [-0.05, 0) is 31.2 Å². The highest BCUT2D eigenvalue weighted by Crippen LogP contribution is 2.28. The van der Waals surface area contributed by atoms with Gasteiger partial charge in [0.2, 0.25) is 5.96 Å². The van der Waals surface area contributed by atoms with Crippen molar-refractivity contribution in [2.24, 2.45) is 10.1 Å². The summed E-state index contributed by atoms with van der Waals surface area (Å²) >= 11 is 5.90. The van der Waals surface area contributed by atoms with Gasteiger partial charge in [0, 0.05) is 29.8 Å². The third-order valence-electron chi connectivity index (χ3n) is 3.61. The van der Waals surface area contributed by atoms with E-state index in [0.717, 1.165) is 5.56 Å². The first kappa shape index (κ1) is 17.5. The maximum absolute atomic E-state index is 12.7. The fourth-order valence-corrected chi connectivity index (χ4v) is 3.79. The van der Waals surface area contributed by atoms with E-state index in [0.29, 0.717) is 18.0 Å². The van der Waals surface area contributed by atoms with E-state index in [2.05, 4.69) is 14.8 Å². The third kappa shape index (κ3) is 3.85. The molecule has 0 spiro atoms. The molecular formula is C16H17ClN4O3S. The minimum absolute atomic E-state index is 0.0619. The fourth-order valence-electron chi connectivity index (χ4n) is 2.47. The Bertz CT molecular complexity index is 894. The number of hydrazone groups is 1. The van der Waals surface area contributed by atoms with Crippen molar-refractivity contribution in [3.8, 4) is 0 Å². The molecule has 0 radical (unpaired) electrons. The predicted molar refractivity (Wildman–Crippen MR) is 96.1 cm³/mol. The topological polar surface area (TPSA) is 87.3 Å². The van der Waals surface area contributed by atoms with Gasteiger partial charge >= 0.3 is 0 Å². The van der Waals surface area contributed by atoms with Gasteiger partial charge in [0.05, 0.1) is 23.5 Å². The minimum atomic E-state index is -3.84. The van der Waals surface area contributed by atoms with Gasteiger partial charge in [-0.25, -0.2) is 18.1 Å².